The van der Waals surface area contributed by atoms with Gasteiger partial charge in [-0.3, -0.25) is 0 Å². The van der Waals surface area contributed by atoms with Crippen LogP contribution >= 0.6 is 0 Å². The van der Waals surface area contributed by atoms with Gasteiger partial charge in [0, 0.05) is 17.8 Å². The largest absolute Gasteiger partial charge is 0.409 e. The Kier molecular flexibility index (Phi) is 4.04. The second-order valence-corrected chi connectivity index (χ2v) is 4.33. The number of amidine groups is 1. The first-order chi connectivity index (χ1) is 8.77. The van der Waals surface area contributed by atoms with E-state index in [1.807, 2.05) is 24.3 Å². The molecule has 0 bridgehead atoms. The maximum atomic E-state index is 8.85. The Labute approximate surface area is 107 Å². The molecule has 0 aliphatic carbocycles. The number of para-hydroxylation sites is 1. The lowest BCUT2D eigenvalue weighted by molar-refractivity contribution is 0.0930. The molecule has 1 heterocycles. The summed E-state index contributed by atoms with van der Waals surface area (Å²) in [4.78, 5) is 2.27. The van der Waals surface area contributed by atoms with Gasteiger partial charge in [-0.05, 0) is 18.6 Å². The molecule has 0 saturated carbocycles. The Morgan fingerprint density at radius 2 is 2.33 bits per heavy atom. The number of hydrogen-bond acceptors (Lipinski definition) is 4. The minimum Gasteiger partial charge on any atom is -0.409 e. The summed E-state index contributed by atoms with van der Waals surface area (Å²) in [7, 11) is 0. The van der Waals surface area contributed by atoms with Crippen molar-refractivity contribution in [3.05, 3.63) is 29.8 Å². The highest BCUT2D eigenvalue weighted by Crippen LogP contribution is 2.25. The Morgan fingerprint density at radius 3 is 3.06 bits per heavy atom. The van der Waals surface area contributed by atoms with E-state index in [1.165, 1.54) is 0 Å². The van der Waals surface area contributed by atoms with E-state index in [0.29, 0.717) is 12.6 Å². The predicted molar refractivity (Wildman–Crippen MR) is 71.2 cm³/mol. The van der Waals surface area contributed by atoms with E-state index in [4.69, 9.17) is 15.7 Å². The lowest BCUT2D eigenvalue weighted by atomic mass is 10.1. The fraction of sp³-hybridized carbons (Fsp3) is 0.462. The number of morpholine rings is 1. The van der Waals surface area contributed by atoms with Gasteiger partial charge in [-0.15, -0.1) is 0 Å². The number of benzene rings is 1. The van der Waals surface area contributed by atoms with E-state index < -0.39 is 0 Å². The van der Waals surface area contributed by atoms with Gasteiger partial charge in [0.05, 0.1) is 19.3 Å². The van der Waals surface area contributed by atoms with Crippen LogP contribution < -0.4 is 10.6 Å². The molecule has 1 aliphatic heterocycles. The summed E-state index contributed by atoms with van der Waals surface area (Å²) in [5.74, 6) is 0.145. The van der Waals surface area contributed by atoms with Crippen molar-refractivity contribution < 1.29 is 9.94 Å². The van der Waals surface area contributed by atoms with Gasteiger partial charge >= 0.3 is 0 Å². The number of anilines is 1. The lowest BCUT2D eigenvalue weighted by Gasteiger charge is -2.37. The monoisotopic (exact) mass is 249 g/mol. The highest BCUT2D eigenvalue weighted by atomic mass is 16.5. The molecule has 98 valence electrons. The molecule has 1 aromatic carbocycles. The maximum absolute atomic E-state index is 8.85. The third kappa shape index (κ3) is 2.41. The molecular weight excluding hydrogens is 230 g/mol. The van der Waals surface area contributed by atoms with Crippen LogP contribution in [0.15, 0.2) is 29.4 Å². The highest BCUT2D eigenvalue weighted by molar-refractivity contribution is 6.02. The smallest absolute Gasteiger partial charge is 0.172 e. The third-order valence-electron chi connectivity index (χ3n) is 3.30. The molecule has 5 nitrogen and oxygen atoms in total. The van der Waals surface area contributed by atoms with E-state index in [1.54, 1.807) is 0 Å². The number of ether oxygens (including phenoxy) is 1. The molecule has 1 aliphatic rings. The molecule has 1 fully saturated rings. The van der Waals surface area contributed by atoms with E-state index in [-0.39, 0.29) is 5.84 Å². The molecule has 1 aromatic rings. The fourth-order valence-corrected chi connectivity index (χ4v) is 2.30. The topological polar surface area (TPSA) is 71.1 Å². The zero-order valence-electron chi connectivity index (χ0n) is 10.5. The summed E-state index contributed by atoms with van der Waals surface area (Å²) in [6, 6.07) is 8.06. The second kappa shape index (κ2) is 5.73. The molecule has 0 aromatic heterocycles. The van der Waals surface area contributed by atoms with Crippen LogP contribution in [0.4, 0.5) is 5.69 Å². The zero-order valence-corrected chi connectivity index (χ0v) is 10.5. The summed E-state index contributed by atoms with van der Waals surface area (Å²) in [5.41, 5.74) is 7.50. The van der Waals surface area contributed by atoms with Gasteiger partial charge in [0.15, 0.2) is 5.84 Å². The van der Waals surface area contributed by atoms with Gasteiger partial charge in [0.25, 0.3) is 0 Å². The molecular formula is C13H19N3O2. The molecule has 0 spiro atoms. The van der Waals surface area contributed by atoms with Crippen molar-refractivity contribution in [1.29, 1.82) is 0 Å². The summed E-state index contributed by atoms with van der Waals surface area (Å²) in [6.07, 6.45) is 1.00. The molecule has 5 heteroatoms. The van der Waals surface area contributed by atoms with Crippen LogP contribution in [-0.2, 0) is 4.74 Å². The first-order valence-corrected chi connectivity index (χ1v) is 6.19. The van der Waals surface area contributed by atoms with Gasteiger partial charge < -0.3 is 20.6 Å². The average Bonchev–Trinajstić information content (AvgIpc) is 2.46. The standard InChI is InChI=1S/C13H19N3O2/c1-2-10-9-18-8-7-16(10)12-6-4-3-5-11(12)13(14)15-17/h3-6,10,17H,2,7-9H2,1H3,(H2,14,15). The second-order valence-electron chi connectivity index (χ2n) is 4.33. The molecule has 3 N–H and O–H groups in total. The van der Waals surface area contributed by atoms with E-state index in [2.05, 4.69) is 17.0 Å². The number of hydrogen-bond donors (Lipinski definition) is 2. The zero-order chi connectivity index (χ0) is 13.0. The van der Waals surface area contributed by atoms with E-state index in [9.17, 15) is 0 Å². The Morgan fingerprint density at radius 1 is 1.56 bits per heavy atom. The van der Waals surface area contributed by atoms with Gasteiger partial charge in [-0.1, -0.05) is 24.2 Å². The fourth-order valence-electron chi connectivity index (χ4n) is 2.30. The van der Waals surface area contributed by atoms with Gasteiger partial charge in [0.2, 0.25) is 0 Å². The lowest BCUT2D eigenvalue weighted by Crippen LogP contribution is -2.46. The van der Waals surface area contributed by atoms with Crippen molar-refractivity contribution in [1.82, 2.24) is 0 Å². The van der Waals surface area contributed by atoms with E-state index >= 15 is 0 Å². The molecule has 0 amide bonds. The summed E-state index contributed by atoms with van der Waals surface area (Å²) < 4.78 is 5.50. The van der Waals surface area contributed by atoms with Gasteiger partial charge in [-0.25, -0.2) is 0 Å². The number of nitrogens with two attached hydrogens (primary N) is 1. The van der Waals surface area contributed by atoms with Gasteiger partial charge in [-0.2, -0.15) is 0 Å². The molecule has 1 unspecified atom stereocenters. The molecule has 0 radical (unpaired) electrons. The van der Waals surface area contributed by atoms with Crippen LogP contribution in [0.5, 0.6) is 0 Å². The van der Waals surface area contributed by atoms with E-state index in [0.717, 1.165) is 30.8 Å². The van der Waals surface area contributed by atoms with Crippen LogP contribution in [0, 0.1) is 0 Å². The average molecular weight is 249 g/mol. The van der Waals surface area contributed by atoms with Crippen molar-refractivity contribution in [2.75, 3.05) is 24.7 Å². The summed E-state index contributed by atoms with van der Waals surface area (Å²) in [6.45, 7) is 4.40. The molecule has 1 saturated heterocycles. The van der Waals surface area contributed by atoms with Gasteiger partial charge in [0.1, 0.15) is 0 Å². The summed E-state index contributed by atoms with van der Waals surface area (Å²) in [5, 5.41) is 12.0. The predicted octanol–water partition coefficient (Wildman–Crippen LogP) is 1.40. The number of nitrogens with zero attached hydrogens (tertiary/aromatic N) is 2. The van der Waals surface area contributed by atoms with Crippen molar-refractivity contribution in [3.8, 4) is 0 Å². The van der Waals surface area contributed by atoms with Crippen molar-refractivity contribution in [3.63, 3.8) is 0 Å². The Balaban J connectivity index is 2.37. The van der Waals surface area contributed by atoms with Crippen molar-refractivity contribution >= 4 is 11.5 Å². The highest BCUT2D eigenvalue weighted by Gasteiger charge is 2.24. The minimum absolute atomic E-state index is 0.145. The molecule has 2 rings (SSSR count). The SMILES string of the molecule is CCC1COCCN1c1ccccc1/C(N)=N/O. The molecule has 1 atom stereocenters. The van der Waals surface area contributed by atoms with Crippen LogP contribution in [0.1, 0.15) is 18.9 Å². The van der Waals surface area contributed by atoms with Crippen molar-refractivity contribution in [2.45, 2.75) is 19.4 Å². The molecule has 18 heavy (non-hydrogen) atoms. The summed E-state index contributed by atoms with van der Waals surface area (Å²) >= 11 is 0. The first kappa shape index (κ1) is 12.7. The third-order valence-corrected chi connectivity index (χ3v) is 3.30. The normalized spacial score (nSPS) is 21.1. The Hall–Kier alpha value is -1.75. The number of rotatable bonds is 3. The van der Waals surface area contributed by atoms with Crippen LogP contribution in [-0.4, -0.2) is 36.8 Å². The van der Waals surface area contributed by atoms with Crippen LogP contribution in [0.25, 0.3) is 0 Å². The Bertz CT molecular complexity index is 434. The van der Waals surface area contributed by atoms with Crippen molar-refractivity contribution in [2.24, 2.45) is 10.9 Å². The van der Waals surface area contributed by atoms with Crippen LogP contribution in [0.3, 0.4) is 0 Å². The maximum Gasteiger partial charge on any atom is 0.172 e. The number of oxime groups is 1. The quantitative estimate of drug-likeness (QED) is 0.367. The van der Waals surface area contributed by atoms with Crippen LogP contribution in [0.2, 0.25) is 0 Å². The first-order valence-electron chi connectivity index (χ1n) is 6.19. The minimum atomic E-state index is 0.145.